The molecule has 1 aliphatic heterocycles. The Morgan fingerprint density at radius 2 is 2.00 bits per heavy atom. The number of H-pyrrole nitrogens is 1. The van der Waals surface area contributed by atoms with Crippen molar-refractivity contribution in [1.29, 1.82) is 0 Å². The maximum Gasteiger partial charge on any atom is 0.322 e. The summed E-state index contributed by atoms with van der Waals surface area (Å²) >= 11 is 0. The van der Waals surface area contributed by atoms with E-state index in [1.165, 1.54) is 22.3 Å². The number of aromatic nitrogens is 2. The number of rotatable bonds is 7. The SMILES string of the molecule is Cc1cc2[nH]c(CC3c4ccccc4NC(=O)N3C3CC3)nc2c(CCC(C)C)c1CN. The zero-order valence-electron chi connectivity index (χ0n) is 19.2. The summed E-state index contributed by atoms with van der Waals surface area (Å²) in [6, 6.07) is 10.6. The number of aryl methyl sites for hydroxylation is 2. The summed E-state index contributed by atoms with van der Waals surface area (Å²) in [5.41, 5.74) is 14.0. The number of nitrogens with one attached hydrogen (secondary N) is 2. The van der Waals surface area contributed by atoms with Gasteiger partial charge in [-0.3, -0.25) is 0 Å². The van der Waals surface area contributed by atoms with Gasteiger partial charge in [0.2, 0.25) is 0 Å². The van der Waals surface area contributed by atoms with Gasteiger partial charge in [0.15, 0.2) is 0 Å². The molecule has 6 nitrogen and oxygen atoms in total. The topological polar surface area (TPSA) is 87.0 Å². The maximum atomic E-state index is 12.9. The predicted octanol–water partition coefficient (Wildman–Crippen LogP) is 5.21. The van der Waals surface area contributed by atoms with Gasteiger partial charge in [-0.15, -0.1) is 0 Å². The van der Waals surface area contributed by atoms with Crippen LogP contribution >= 0.6 is 0 Å². The van der Waals surface area contributed by atoms with Crippen molar-refractivity contribution in [3.8, 4) is 0 Å². The Labute approximate surface area is 189 Å². The molecule has 1 atom stereocenters. The van der Waals surface area contributed by atoms with Crippen LogP contribution in [0.1, 0.15) is 67.2 Å². The lowest BCUT2D eigenvalue weighted by Crippen LogP contribution is -2.44. The van der Waals surface area contributed by atoms with Gasteiger partial charge in [-0.2, -0.15) is 0 Å². The van der Waals surface area contributed by atoms with Gasteiger partial charge in [0.05, 0.1) is 17.1 Å². The fourth-order valence-corrected chi connectivity index (χ4v) is 5.08. The number of urea groups is 1. The molecule has 0 spiro atoms. The summed E-state index contributed by atoms with van der Waals surface area (Å²) in [5.74, 6) is 1.55. The second kappa shape index (κ2) is 8.24. The Balaban J connectivity index is 1.55. The minimum atomic E-state index is -0.0118. The number of para-hydroxylation sites is 1. The number of benzene rings is 2. The number of nitrogens with two attached hydrogens (primary N) is 1. The van der Waals surface area contributed by atoms with Gasteiger partial charge in [0.25, 0.3) is 0 Å². The lowest BCUT2D eigenvalue weighted by molar-refractivity contribution is 0.178. The van der Waals surface area contributed by atoms with E-state index >= 15 is 0 Å². The third-order valence-corrected chi connectivity index (χ3v) is 6.90. The van der Waals surface area contributed by atoms with Crippen molar-refractivity contribution < 1.29 is 4.79 Å². The molecule has 5 rings (SSSR count). The van der Waals surface area contributed by atoms with E-state index in [9.17, 15) is 4.79 Å². The first-order valence-corrected chi connectivity index (χ1v) is 11.8. The van der Waals surface area contributed by atoms with Crippen LogP contribution in [0.5, 0.6) is 0 Å². The van der Waals surface area contributed by atoms with Gasteiger partial charge in [-0.25, -0.2) is 9.78 Å². The second-order valence-electron chi connectivity index (χ2n) is 9.74. The zero-order valence-corrected chi connectivity index (χ0v) is 19.2. The van der Waals surface area contributed by atoms with E-state index in [2.05, 4.69) is 43.2 Å². The maximum absolute atomic E-state index is 12.9. The number of aromatic amines is 1. The first-order valence-electron chi connectivity index (χ1n) is 11.8. The minimum absolute atomic E-state index is 0.00574. The summed E-state index contributed by atoms with van der Waals surface area (Å²) in [4.78, 5) is 23.6. The monoisotopic (exact) mass is 431 g/mol. The molecule has 3 aromatic rings. The van der Waals surface area contributed by atoms with Gasteiger partial charge in [0, 0.05) is 24.7 Å². The number of carbonyl (C=O) groups excluding carboxylic acids is 1. The number of imidazole rings is 1. The quantitative estimate of drug-likeness (QED) is 0.480. The molecule has 2 aromatic carbocycles. The van der Waals surface area contributed by atoms with Crippen LogP contribution in [-0.2, 0) is 19.4 Å². The van der Waals surface area contributed by atoms with E-state index in [0.717, 1.165) is 48.2 Å². The average molecular weight is 432 g/mol. The highest BCUT2D eigenvalue weighted by Crippen LogP contribution is 2.42. The second-order valence-corrected chi connectivity index (χ2v) is 9.74. The van der Waals surface area contributed by atoms with Crippen molar-refractivity contribution in [1.82, 2.24) is 14.9 Å². The van der Waals surface area contributed by atoms with Gasteiger partial charge in [0.1, 0.15) is 5.82 Å². The average Bonchev–Trinajstić information content (AvgIpc) is 3.51. The molecule has 0 radical (unpaired) electrons. The highest BCUT2D eigenvalue weighted by Gasteiger charge is 2.42. The molecule has 6 heteroatoms. The number of anilines is 1. The Hall–Kier alpha value is -2.86. The van der Waals surface area contributed by atoms with Crippen LogP contribution in [0.3, 0.4) is 0 Å². The van der Waals surface area contributed by atoms with Crippen LogP contribution in [-0.4, -0.2) is 26.9 Å². The van der Waals surface area contributed by atoms with E-state index in [-0.39, 0.29) is 12.1 Å². The van der Waals surface area contributed by atoms with Crippen LogP contribution in [0.2, 0.25) is 0 Å². The Kier molecular flexibility index (Phi) is 5.41. The molecule has 32 heavy (non-hydrogen) atoms. The van der Waals surface area contributed by atoms with Crippen molar-refractivity contribution in [2.75, 3.05) is 5.32 Å². The first-order chi connectivity index (χ1) is 15.5. The first kappa shape index (κ1) is 21.0. The number of carbonyl (C=O) groups is 1. The van der Waals surface area contributed by atoms with Crippen molar-refractivity contribution in [2.45, 2.75) is 71.5 Å². The lowest BCUT2D eigenvalue weighted by atomic mass is 9.94. The van der Waals surface area contributed by atoms with E-state index in [0.29, 0.717) is 24.9 Å². The lowest BCUT2D eigenvalue weighted by Gasteiger charge is -2.37. The summed E-state index contributed by atoms with van der Waals surface area (Å²) in [5, 5.41) is 3.08. The molecular formula is C26H33N5O. The molecule has 168 valence electrons. The fraction of sp³-hybridized carbons (Fsp3) is 0.462. The molecule has 2 heterocycles. The van der Waals surface area contributed by atoms with Crippen molar-refractivity contribution >= 4 is 22.8 Å². The Morgan fingerprint density at radius 3 is 2.72 bits per heavy atom. The number of amides is 2. The molecule has 1 fully saturated rings. The highest BCUT2D eigenvalue weighted by atomic mass is 16.2. The summed E-state index contributed by atoms with van der Waals surface area (Å²) < 4.78 is 0. The van der Waals surface area contributed by atoms with Crippen LogP contribution in [0.15, 0.2) is 30.3 Å². The number of hydrogen-bond donors (Lipinski definition) is 3. The summed E-state index contributed by atoms with van der Waals surface area (Å²) in [6.07, 6.45) is 4.92. The van der Waals surface area contributed by atoms with Gasteiger partial charge >= 0.3 is 6.03 Å². The molecular weight excluding hydrogens is 398 g/mol. The molecule has 0 bridgehead atoms. The van der Waals surface area contributed by atoms with Gasteiger partial charge in [-0.1, -0.05) is 32.0 Å². The predicted molar refractivity (Wildman–Crippen MR) is 129 cm³/mol. The largest absolute Gasteiger partial charge is 0.342 e. The van der Waals surface area contributed by atoms with Crippen LogP contribution in [0.25, 0.3) is 11.0 Å². The third-order valence-electron chi connectivity index (χ3n) is 6.90. The van der Waals surface area contributed by atoms with Crippen molar-refractivity contribution in [3.63, 3.8) is 0 Å². The van der Waals surface area contributed by atoms with Crippen LogP contribution in [0.4, 0.5) is 10.5 Å². The molecule has 1 aromatic heterocycles. The summed E-state index contributed by atoms with van der Waals surface area (Å²) in [6.45, 7) is 7.17. The van der Waals surface area contributed by atoms with Crippen LogP contribution < -0.4 is 11.1 Å². The van der Waals surface area contributed by atoms with Crippen molar-refractivity contribution in [2.24, 2.45) is 11.7 Å². The van der Waals surface area contributed by atoms with Gasteiger partial charge < -0.3 is 20.9 Å². The number of nitrogens with zero attached hydrogens (tertiary/aromatic N) is 2. The molecule has 2 aliphatic rings. The molecule has 1 saturated carbocycles. The number of hydrogen-bond acceptors (Lipinski definition) is 3. The normalized spacial score (nSPS) is 18.3. The molecule has 1 aliphatic carbocycles. The molecule has 0 saturated heterocycles. The smallest absolute Gasteiger partial charge is 0.322 e. The third kappa shape index (κ3) is 3.77. The molecule has 4 N–H and O–H groups in total. The minimum Gasteiger partial charge on any atom is -0.342 e. The van der Waals surface area contributed by atoms with Crippen molar-refractivity contribution in [3.05, 3.63) is 58.4 Å². The fourth-order valence-electron chi connectivity index (χ4n) is 5.08. The molecule has 2 amide bonds. The van der Waals surface area contributed by atoms with E-state index in [1.54, 1.807) is 0 Å². The van der Waals surface area contributed by atoms with E-state index < -0.39 is 0 Å². The standard InChI is InChI=1S/C26H33N5O/c1-15(2)8-11-18-20(14-27)16(3)12-22-25(18)30-24(28-22)13-23-19-6-4-5-7-21(19)29-26(32)31(23)17-9-10-17/h4-7,12,15,17,23H,8-11,13-14,27H2,1-3H3,(H,28,30)(H,29,32). The number of fused-ring (bicyclic) bond motifs is 2. The summed E-state index contributed by atoms with van der Waals surface area (Å²) in [7, 11) is 0. The zero-order chi connectivity index (χ0) is 22.4. The van der Waals surface area contributed by atoms with E-state index in [1.807, 2.05) is 23.1 Å². The Morgan fingerprint density at radius 1 is 1.22 bits per heavy atom. The van der Waals surface area contributed by atoms with Crippen LogP contribution in [0, 0.1) is 12.8 Å². The van der Waals surface area contributed by atoms with E-state index in [4.69, 9.17) is 10.7 Å². The highest BCUT2D eigenvalue weighted by molar-refractivity contribution is 5.93. The Bertz CT molecular complexity index is 1160. The molecule has 1 unspecified atom stereocenters. The van der Waals surface area contributed by atoms with Gasteiger partial charge in [-0.05, 0) is 72.9 Å².